The Bertz CT molecular complexity index is 511. The first-order valence-corrected chi connectivity index (χ1v) is 7.88. The van der Waals surface area contributed by atoms with Gasteiger partial charge >= 0.3 is 0 Å². The standard InChI is InChI=1S/C19H25N3/c1-3-12-22(13-4-2)19(17-20)10-14-21(15-11-19)16-18-8-6-5-7-9-18/h3-9H,1-2,10-16H2. The van der Waals surface area contributed by atoms with E-state index in [4.69, 9.17) is 0 Å². The van der Waals surface area contributed by atoms with Crippen molar-refractivity contribution >= 4 is 0 Å². The van der Waals surface area contributed by atoms with Crippen LogP contribution in [0.1, 0.15) is 18.4 Å². The lowest BCUT2D eigenvalue weighted by atomic mass is 9.86. The zero-order valence-corrected chi connectivity index (χ0v) is 13.2. The molecule has 2 rings (SSSR count). The van der Waals surface area contributed by atoms with Crippen molar-refractivity contribution in [3.8, 4) is 6.07 Å². The Kier molecular flexibility index (Phi) is 5.94. The zero-order valence-electron chi connectivity index (χ0n) is 13.2. The summed E-state index contributed by atoms with van der Waals surface area (Å²) in [7, 11) is 0. The molecule has 0 radical (unpaired) electrons. The topological polar surface area (TPSA) is 30.3 Å². The fourth-order valence-electron chi connectivity index (χ4n) is 3.16. The van der Waals surface area contributed by atoms with Crippen molar-refractivity contribution in [3.05, 3.63) is 61.2 Å². The van der Waals surface area contributed by atoms with Gasteiger partial charge in [0, 0.05) is 32.7 Å². The number of nitrogens with zero attached hydrogens (tertiary/aromatic N) is 3. The molecule has 1 aliphatic heterocycles. The lowest BCUT2D eigenvalue weighted by Gasteiger charge is -2.43. The summed E-state index contributed by atoms with van der Waals surface area (Å²) >= 11 is 0. The first-order valence-electron chi connectivity index (χ1n) is 7.88. The molecule has 116 valence electrons. The quantitative estimate of drug-likeness (QED) is 0.724. The van der Waals surface area contributed by atoms with E-state index >= 15 is 0 Å². The van der Waals surface area contributed by atoms with Crippen LogP contribution in [0, 0.1) is 11.3 Å². The molecule has 0 aliphatic carbocycles. The van der Waals surface area contributed by atoms with Crippen molar-refractivity contribution in [1.82, 2.24) is 9.80 Å². The number of likely N-dealkylation sites (tertiary alicyclic amines) is 1. The van der Waals surface area contributed by atoms with Crippen LogP contribution in [0.3, 0.4) is 0 Å². The van der Waals surface area contributed by atoms with Crippen LogP contribution in [0.4, 0.5) is 0 Å². The predicted octanol–water partition coefficient (Wildman–Crippen LogP) is 3.22. The second kappa shape index (κ2) is 7.93. The van der Waals surface area contributed by atoms with Crippen molar-refractivity contribution in [3.63, 3.8) is 0 Å². The van der Waals surface area contributed by atoms with E-state index < -0.39 is 0 Å². The number of benzene rings is 1. The number of piperidine rings is 1. The molecule has 1 aromatic rings. The molecule has 1 aliphatic rings. The highest BCUT2D eigenvalue weighted by Gasteiger charge is 2.39. The highest BCUT2D eigenvalue weighted by atomic mass is 15.2. The van der Waals surface area contributed by atoms with E-state index in [-0.39, 0.29) is 5.54 Å². The molecule has 1 heterocycles. The molecule has 0 bridgehead atoms. The summed E-state index contributed by atoms with van der Waals surface area (Å²) in [4.78, 5) is 4.64. The van der Waals surface area contributed by atoms with Gasteiger partial charge in [-0.2, -0.15) is 5.26 Å². The van der Waals surface area contributed by atoms with Crippen molar-refractivity contribution in [2.75, 3.05) is 26.2 Å². The van der Waals surface area contributed by atoms with E-state index in [2.05, 4.69) is 53.3 Å². The number of hydrogen-bond acceptors (Lipinski definition) is 3. The van der Waals surface area contributed by atoms with Crippen LogP contribution in [0.5, 0.6) is 0 Å². The summed E-state index contributed by atoms with van der Waals surface area (Å²) in [5.41, 5.74) is 0.955. The summed E-state index contributed by atoms with van der Waals surface area (Å²) in [5, 5.41) is 9.76. The van der Waals surface area contributed by atoms with Crippen LogP contribution in [-0.4, -0.2) is 41.5 Å². The molecular weight excluding hydrogens is 270 g/mol. The smallest absolute Gasteiger partial charge is 0.112 e. The molecule has 3 nitrogen and oxygen atoms in total. The average molecular weight is 295 g/mol. The van der Waals surface area contributed by atoms with Gasteiger partial charge in [-0.05, 0) is 18.4 Å². The maximum atomic E-state index is 9.76. The van der Waals surface area contributed by atoms with Gasteiger partial charge in [-0.25, -0.2) is 0 Å². The molecule has 0 atom stereocenters. The molecule has 0 spiro atoms. The lowest BCUT2D eigenvalue weighted by molar-refractivity contribution is 0.0746. The molecule has 1 aromatic carbocycles. The lowest BCUT2D eigenvalue weighted by Crippen LogP contribution is -2.54. The molecule has 3 heteroatoms. The van der Waals surface area contributed by atoms with Gasteiger partial charge in [-0.1, -0.05) is 42.5 Å². The van der Waals surface area contributed by atoms with Gasteiger partial charge < -0.3 is 0 Å². The Morgan fingerprint density at radius 1 is 1.14 bits per heavy atom. The Hall–Kier alpha value is -1.89. The minimum atomic E-state index is -0.379. The number of rotatable bonds is 7. The van der Waals surface area contributed by atoms with Gasteiger partial charge in [0.2, 0.25) is 0 Å². The van der Waals surface area contributed by atoms with Crippen LogP contribution in [0.15, 0.2) is 55.6 Å². The normalized spacial score (nSPS) is 17.8. The molecule has 0 amide bonds. The van der Waals surface area contributed by atoms with E-state index in [1.807, 2.05) is 18.2 Å². The van der Waals surface area contributed by atoms with Gasteiger partial charge in [0.15, 0.2) is 0 Å². The summed E-state index contributed by atoms with van der Waals surface area (Å²) in [6.45, 7) is 12.0. The number of hydrogen-bond donors (Lipinski definition) is 0. The first kappa shape index (κ1) is 16.5. The van der Waals surface area contributed by atoms with Gasteiger partial charge in [-0.3, -0.25) is 9.80 Å². The highest BCUT2D eigenvalue weighted by molar-refractivity contribution is 5.16. The predicted molar refractivity (Wildman–Crippen MR) is 91.3 cm³/mol. The van der Waals surface area contributed by atoms with Gasteiger partial charge in [-0.15, -0.1) is 13.2 Å². The second-order valence-electron chi connectivity index (χ2n) is 5.89. The fourth-order valence-corrected chi connectivity index (χ4v) is 3.16. The van der Waals surface area contributed by atoms with Gasteiger partial charge in [0.1, 0.15) is 5.54 Å². The van der Waals surface area contributed by atoms with Crippen molar-refractivity contribution in [2.24, 2.45) is 0 Å². The van der Waals surface area contributed by atoms with Crippen molar-refractivity contribution < 1.29 is 0 Å². The van der Waals surface area contributed by atoms with E-state index in [0.717, 1.165) is 45.6 Å². The molecule has 1 saturated heterocycles. The van der Waals surface area contributed by atoms with E-state index in [1.54, 1.807) is 0 Å². The highest BCUT2D eigenvalue weighted by Crippen LogP contribution is 2.29. The third-order valence-electron chi connectivity index (χ3n) is 4.44. The molecule has 0 aromatic heterocycles. The van der Waals surface area contributed by atoms with Crippen LogP contribution >= 0.6 is 0 Å². The molecular formula is C19H25N3. The average Bonchev–Trinajstić information content (AvgIpc) is 2.57. The van der Waals surface area contributed by atoms with Crippen LogP contribution < -0.4 is 0 Å². The van der Waals surface area contributed by atoms with Crippen molar-refractivity contribution in [2.45, 2.75) is 24.9 Å². The van der Waals surface area contributed by atoms with Crippen molar-refractivity contribution in [1.29, 1.82) is 5.26 Å². The van der Waals surface area contributed by atoms with Crippen LogP contribution in [-0.2, 0) is 6.54 Å². The SMILES string of the molecule is C=CCN(CC=C)C1(C#N)CCN(Cc2ccccc2)CC1. The Labute approximate surface area is 134 Å². The maximum Gasteiger partial charge on any atom is 0.112 e. The summed E-state index contributed by atoms with van der Waals surface area (Å²) in [5.74, 6) is 0. The number of nitriles is 1. The van der Waals surface area contributed by atoms with Gasteiger partial charge in [0.25, 0.3) is 0 Å². The Morgan fingerprint density at radius 3 is 2.23 bits per heavy atom. The monoisotopic (exact) mass is 295 g/mol. The molecule has 0 N–H and O–H groups in total. The minimum absolute atomic E-state index is 0.379. The first-order chi connectivity index (χ1) is 10.7. The van der Waals surface area contributed by atoms with E-state index in [9.17, 15) is 5.26 Å². The summed E-state index contributed by atoms with van der Waals surface area (Å²) in [6, 6.07) is 13.1. The van der Waals surface area contributed by atoms with Crippen LogP contribution in [0.2, 0.25) is 0 Å². The largest absolute Gasteiger partial charge is 0.299 e. The third-order valence-corrected chi connectivity index (χ3v) is 4.44. The van der Waals surface area contributed by atoms with Crippen LogP contribution in [0.25, 0.3) is 0 Å². The molecule has 22 heavy (non-hydrogen) atoms. The third kappa shape index (κ3) is 3.85. The maximum absolute atomic E-state index is 9.76. The molecule has 0 unspecified atom stereocenters. The fraction of sp³-hybridized carbons (Fsp3) is 0.421. The Balaban J connectivity index is 1.99. The zero-order chi connectivity index (χ0) is 15.8. The summed E-state index contributed by atoms with van der Waals surface area (Å²) < 4.78 is 0. The minimum Gasteiger partial charge on any atom is -0.299 e. The van der Waals surface area contributed by atoms with E-state index in [0.29, 0.717) is 0 Å². The van der Waals surface area contributed by atoms with E-state index in [1.165, 1.54) is 5.56 Å². The Morgan fingerprint density at radius 2 is 1.73 bits per heavy atom. The molecule has 0 saturated carbocycles. The second-order valence-corrected chi connectivity index (χ2v) is 5.89. The summed E-state index contributed by atoms with van der Waals surface area (Å²) in [6.07, 6.45) is 5.49. The molecule has 1 fully saturated rings. The van der Waals surface area contributed by atoms with Gasteiger partial charge in [0.05, 0.1) is 6.07 Å².